The SMILES string of the molecule is C[C@@H]1COC[C@@H](C)N1c1cc(C2NNC3CC(F)C(OC4(C)CC4)CC32)ncn1. The molecule has 2 aliphatic carbocycles. The first-order chi connectivity index (χ1) is 13.9. The molecule has 4 aliphatic rings. The second kappa shape index (κ2) is 7.41. The van der Waals surface area contributed by atoms with Crippen molar-refractivity contribution in [3.63, 3.8) is 0 Å². The topological polar surface area (TPSA) is 71.5 Å². The lowest BCUT2D eigenvalue weighted by molar-refractivity contribution is -0.0886. The van der Waals surface area contributed by atoms with Crippen LogP contribution in [0.5, 0.6) is 0 Å². The van der Waals surface area contributed by atoms with Gasteiger partial charge in [0.05, 0.1) is 48.7 Å². The molecule has 3 heterocycles. The Morgan fingerprint density at radius 1 is 1.17 bits per heavy atom. The third-order valence-electron chi connectivity index (χ3n) is 7.07. The highest BCUT2D eigenvalue weighted by Crippen LogP contribution is 2.45. The molecule has 5 rings (SSSR count). The Hall–Kier alpha value is -1.35. The first-order valence-corrected chi connectivity index (χ1v) is 10.9. The summed E-state index contributed by atoms with van der Waals surface area (Å²) >= 11 is 0. The summed E-state index contributed by atoms with van der Waals surface area (Å²) in [6.45, 7) is 7.81. The first-order valence-electron chi connectivity index (χ1n) is 10.9. The fourth-order valence-electron chi connectivity index (χ4n) is 5.19. The van der Waals surface area contributed by atoms with E-state index in [1.165, 1.54) is 0 Å². The molecule has 2 aliphatic heterocycles. The van der Waals surface area contributed by atoms with Crippen LogP contribution in [0.15, 0.2) is 12.4 Å². The summed E-state index contributed by atoms with van der Waals surface area (Å²) in [6, 6.07) is 2.74. The predicted molar refractivity (Wildman–Crippen MR) is 107 cm³/mol. The molecule has 7 atom stereocenters. The second-order valence-electron chi connectivity index (χ2n) is 9.57. The molecule has 5 unspecified atom stereocenters. The number of nitrogens with one attached hydrogen (secondary N) is 2. The smallest absolute Gasteiger partial charge is 0.132 e. The number of hydrazine groups is 1. The summed E-state index contributed by atoms with van der Waals surface area (Å²) in [5.41, 5.74) is 7.54. The molecule has 2 saturated carbocycles. The zero-order valence-electron chi connectivity index (χ0n) is 17.5. The molecular weight excluding hydrogens is 373 g/mol. The maximum absolute atomic E-state index is 14.7. The van der Waals surface area contributed by atoms with Crippen LogP contribution in [0.2, 0.25) is 0 Å². The maximum Gasteiger partial charge on any atom is 0.132 e. The minimum Gasteiger partial charge on any atom is -0.377 e. The van der Waals surface area contributed by atoms with Crippen molar-refractivity contribution in [2.45, 2.75) is 88.5 Å². The lowest BCUT2D eigenvalue weighted by Crippen LogP contribution is -2.50. The van der Waals surface area contributed by atoms with E-state index < -0.39 is 6.17 Å². The van der Waals surface area contributed by atoms with Crippen LogP contribution in [0.1, 0.15) is 58.2 Å². The number of ether oxygens (including phenoxy) is 2. The third-order valence-corrected chi connectivity index (χ3v) is 7.07. The average molecular weight is 406 g/mol. The molecule has 4 fully saturated rings. The number of hydrogen-bond acceptors (Lipinski definition) is 7. The van der Waals surface area contributed by atoms with Crippen molar-refractivity contribution < 1.29 is 13.9 Å². The number of anilines is 1. The number of morpholine rings is 1. The van der Waals surface area contributed by atoms with Crippen LogP contribution in [-0.4, -0.2) is 59.2 Å². The Morgan fingerprint density at radius 3 is 2.66 bits per heavy atom. The van der Waals surface area contributed by atoms with Gasteiger partial charge in [0.25, 0.3) is 0 Å². The van der Waals surface area contributed by atoms with Gasteiger partial charge in [-0.2, -0.15) is 0 Å². The van der Waals surface area contributed by atoms with Crippen molar-refractivity contribution in [3.8, 4) is 0 Å². The Kier molecular flexibility index (Phi) is 5.01. The van der Waals surface area contributed by atoms with E-state index in [-0.39, 0.29) is 41.8 Å². The molecule has 0 aromatic carbocycles. The summed E-state index contributed by atoms with van der Waals surface area (Å²) in [4.78, 5) is 11.4. The van der Waals surface area contributed by atoms with Crippen molar-refractivity contribution in [3.05, 3.63) is 18.1 Å². The molecule has 1 aromatic rings. The van der Waals surface area contributed by atoms with E-state index in [1.807, 2.05) is 0 Å². The summed E-state index contributed by atoms with van der Waals surface area (Å²) in [7, 11) is 0. The minimum atomic E-state index is -0.919. The number of rotatable bonds is 4. The molecule has 29 heavy (non-hydrogen) atoms. The molecule has 2 N–H and O–H groups in total. The molecule has 1 aromatic heterocycles. The van der Waals surface area contributed by atoms with E-state index >= 15 is 0 Å². The first kappa shape index (κ1) is 19.6. The van der Waals surface area contributed by atoms with Gasteiger partial charge in [0.2, 0.25) is 0 Å². The predicted octanol–water partition coefficient (Wildman–Crippen LogP) is 2.29. The van der Waals surface area contributed by atoms with E-state index in [1.54, 1.807) is 6.33 Å². The van der Waals surface area contributed by atoms with Gasteiger partial charge >= 0.3 is 0 Å². The Morgan fingerprint density at radius 2 is 1.93 bits per heavy atom. The fourth-order valence-corrected chi connectivity index (χ4v) is 5.19. The number of fused-ring (bicyclic) bond motifs is 1. The highest BCUT2D eigenvalue weighted by molar-refractivity contribution is 5.43. The van der Waals surface area contributed by atoms with Gasteiger partial charge in [-0.15, -0.1) is 0 Å². The van der Waals surface area contributed by atoms with Crippen molar-refractivity contribution >= 4 is 5.82 Å². The van der Waals surface area contributed by atoms with Crippen LogP contribution in [0, 0.1) is 5.92 Å². The summed E-state index contributed by atoms with van der Waals surface area (Å²) in [5, 5.41) is 0. The molecule has 8 heteroatoms. The van der Waals surface area contributed by atoms with Gasteiger partial charge in [-0.25, -0.2) is 19.8 Å². The van der Waals surface area contributed by atoms with Gasteiger partial charge in [-0.3, -0.25) is 5.43 Å². The molecule has 2 saturated heterocycles. The molecule has 0 radical (unpaired) electrons. The maximum atomic E-state index is 14.7. The van der Waals surface area contributed by atoms with Crippen LogP contribution in [0.3, 0.4) is 0 Å². The highest BCUT2D eigenvalue weighted by Gasteiger charge is 2.50. The van der Waals surface area contributed by atoms with Gasteiger partial charge in [0, 0.05) is 18.0 Å². The van der Waals surface area contributed by atoms with Crippen molar-refractivity contribution in [2.75, 3.05) is 18.1 Å². The lowest BCUT2D eigenvalue weighted by atomic mass is 9.78. The number of aromatic nitrogens is 2. The monoisotopic (exact) mass is 405 g/mol. The molecule has 0 spiro atoms. The summed E-state index contributed by atoms with van der Waals surface area (Å²) < 4.78 is 26.5. The van der Waals surface area contributed by atoms with Crippen LogP contribution >= 0.6 is 0 Å². The largest absolute Gasteiger partial charge is 0.377 e. The Labute approximate surface area is 171 Å². The fraction of sp³-hybridized carbons (Fsp3) is 0.810. The molecule has 0 bridgehead atoms. The lowest BCUT2D eigenvalue weighted by Gasteiger charge is -2.40. The van der Waals surface area contributed by atoms with Crippen LogP contribution in [0.25, 0.3) is 0 Å². The number of hydrogen-bond donors (Lipinski definition) is 2. The van der Waals surface area contributed by atoms with E-state index in [0.717, 1.165) is 24.4 Å². The minimum absolute atomic E-state index is 0.0269. The van der Waals surface area contributed by atoms with Gasteiger partial charge in [-0.05, 0) is 46.5 Å². The highest BCUT2D eigenvalue weighted by atomic mass is 19.1. The van der Waals surface area contributed by atoms with Crippen LogP contribution < -0.4 is 15.8 Å². The van der Waals surface area contributed by atoms with E-state index in [2.05, 4.69) is 52.6 Å². The quantitative estimate of drug-likeness (QED) is 0.796. The second-order valence-corrected chi connectivity index (χ2v) is 9.57. The van der Waals surface area contributed by atoms with Gasteiger partial charge in [0.15, 0.2) is 0 Å². The van der Waals surface area contributed by atoms with Crippen molar-refractivity contribution in [2.24, 2.45) is 5.92 Å². The van der Waals surface area contributed by atoms with Gasteiger partial charge < -0.3 is 14.4 Å². The van der Waals surface area contributed by atoms with E-state index in [4.69, 9.17) is 9.47 Å². The number of nitrogens with zero attached hydrogens (tertiary/aromatic N) is 3. The Bertz CT molecular complexity index is 738. The van der Waals surface area contributed by atoms with Gasteiger partial charge in [-0.1, -0.05) is 0 Å². The van der Waals surface area contributed by atoms with Crippen LogP contribution in [0.4, 0.5) is 10.2 Å². The number of halogens is 1. The summed E-state index contributed by atoms with van der Waals surface area (Å²) in [6.07, 6.45) is 3.66. The number of alkyl halides is 1. The molecule has 160 valence electrons. The Balaban J connectivity index is 1.35. The van der Waals surface area contributed by atoms with Crippen molar-refractivity contribution in [1.82, 2.24) is 20.8 Å². The van der Waals surface area contributed by atoms with E-state index in [0.29, 0.717) is 26.1 Å². The molecule has 0 amide bonds. The molecular formula is C21H32FN5O2. The summed E-state index contributed by atoms with van der Waals surface area (Å²) in [5.74, 6) is 1.18. The van der Waals surface area contributed by atoms with Crippen LogP contribution in [-0.2, 0) is 9.47 Å². The van der Waals surface area contributed by atoms with E-state index in [9.17, 15) is 4.39 Å². The normalized spacial score (nSPS) is 41.2. The van der Waals surface area contributed by atoms with Gasteiger partial charge in [0.1, 0.15) is 18.3 Å². The molecule has 7 nitrogen and oxygen atoms in total. The average Bonchev–Trinajstić information content (AvgIpc) is 3.27. The third kappa shape index (κ3) is 3.76. The van der Waals surface area contributed by atoms with Crippen molar-refractivity contribution in [1.29, 1.82) is 0 Å². The standard InChI is InChI=1S/C21H32FN5O2/c1-12-9-28-10-13(2)27(12)19-8-17(23-11-24-19)20-14-6-18(29-21(3)4-5-21)15(22)7-16(14)25-26-20/h8,11-16,18,20,25-26H,4-7,9-10H2,1-3H3/t12-,13-,14?,15?,16?,18?,20?/m1/s1. The zero-order valence-corrected chi connectivity index (χ0v) is 17.5. The zero-order chi connectivity index (χ0) is 20.2.